The lowest BCUT2D eigenvalue weighted by Gasteiger charge is -2.42. The summed E-state index contributed by atoms with van der Waals surface area (Å²) in [6.45, 7) is 1.18. The molecule has 0 N–H and O–H groups in total. The largest absolute Gasteiger partial charge is 0.392 e. The Morgan fingerprint density at radius 1 is 0.632 bits per heavy atom. The van der Waals surface area contributed by atoms with Gasteiger partial charge in [-0.05, 0) is 36.6 Å². The average Bonchev–Trinajstić information content (AvgIpc) is 2.86. The lowest BCUT2D eigenvalue weighted by Crippen LogP contribution is -2.67. The Balaban J connectivity index is 2.60. The van der Waals surface area contributed by atoms with E-state index < -0.39 is 54.9 Å². The summed E-state index contributed by atoms with van der Waals surface area (Å²) >= 11 is 4.16. The van der Waals surface area contributed by atoms with Crippen molar-refractivity contribution >= 4 is 11.6 Å². The summed E-state index contributed by atoms with van der Waals surface area (Å²) in [6, 6.07) is 15.1. The molecular formula is C25H27ClF8O4. The summed E-state index contributed by atoms with van der Waals surface area (Å²) in [5.41, 5.74) is 0.580. The van der Waals surface area contributed by atoms with Crippen molar-refractivity contribution in [3.63, 3.8) is 0 Å². The average molecular weight is 579 g/mol. The fraction of sp³-hybridized carbons (Fsp3) is 0.520. The van der Waals surface area contributed by atoms with E-state index >= 15 is 8.78 Å². The van der Waals surface area contributed by atoms with Crippen LogP contribution in [0.5, 0.6) is 0 Å². The molecule has 0 amide bonds. The maximum atomic E-state index is 15.5. The van der Waals surface area contributed by atoms with Crippen molar-refractivity contribution in [1.82, 2.24) is 0 Å². The zero-order valence-electron chi connectivity index (χ0n) is 20.4. The second-order valence-electron chi connectivity index (χ2n) is 8.03. The van der Waals surface area contributed by atoms with Gasteiger partial charge in [0.1, 0.15) is 6.10 Å². The second-order valence-corrected chi connectivity index (χ2v) is 8.50. The summed E-state index contributed by atoms with van der Waals surface area (Å²) in [5, 5.41) is -6.02. The molecule has 2 aromatic carbocycles. The van der Waals surface area contributed by atoms with E-state index in [9.17, 15) is 26.3 Å². The standard InChI is InChI=1S/C25H27ClF8O4/c1-3-35-21(36-4-2)19(37-15-17-11-7-5-8-12-17)20(38-16-18-13-9-6-10-14-18)22(27,28)23(29,30)24(31,32)25(26,33)34/h5-14,19-21H,3-4,15-16H2,1-2H3/t19-,20-/m1/s1. The van der Waals surface area contributed by atoms with Gasteiger partial charge in [0.05, 0.1) is 13.2 Å². The van der Waals surface area contributed by atoms with E-state index in [1.807, 2.05) is 0 Å². The molecular weight excluding hydrogens is 552 g/mol. The van der Waals surface area contributed by atoms with Crippen molar-refractivity contribution in [2.45, 2.75) is 68.7 Å². The van der Waals surface area contributed by atoms with Gasteiger partial charge >= 0.3 is 23.1 Å². The Kier molecular flexibility index (Phi) is 11.3. The molecule has 0 aliphatic rings. The molecule has 0 aromatic heterocycles. The molecule has 214 valence electrons. The zero-order chi connectivity index (χ0) is 28.6. The summed E-state index contributed by atoms with van der Waals surface area (Å²) < 4.78 is 136. The van der Waals surface area contributed by atoms with Gasteiger partial charge in [0, 0.05) is 13.2 Å². The molecule has 0 aliphatic carbocycles. The smallest absolute Gasteiger partial charge is 0.365 e. The van der Waals surface area contributed by atoms with Crippen LogP contribution >= 0.6 is 11.6 Å². The van der Waals surface area contributed by atoms with Crippen molar-refractivity contribution in [3.8, 4) is 0 Å². The quantitative estimate of drug-likeness (QED) is 0.119. The van der Waals surface area contributed by atoms with Gasteiger partial charge in [0.15, 0.2) is 12.4 Å². The Morgan fingerprint density at radius 3 is 1.45 bits per heavy atom. The summed E-state index contributed by atoms with van der Waals surface area (Å²) in [7, 11) is 0. The molecule has 0 spiro atoms. The van der Waals surface area contributed by atoms with Gasteiger partial charge in [0.25, 0.3) is 0 Å². The van der Waals surface area contributed by atoms with Crippen molar-refractivity contribution in [2.24, 2.45) is 0 Å². The van der Waals surface area contributed by atoms with Crippen LogP contribution < -0.4 is 0 Å². The highest BCUT2D eigenvalue weighted by atomic mass is 35.5. The Morgan fingerprint density at radius 2 is 1.05 bits per heavy atom. The van der Waals surface area contributed by atoms with E-state index in [4.69, 9.17) is 18.9 Å². The normalized spacial score (nSPS) is 15.1. The van der Waals surface area contributed by atoms with Gasteiger partial charge in [-0.15, -0.1) is 0 Å². The highest BCUT2D eigenvalue weighted by Crippen LogP contribution is 2.56. The van der Waals surface area contributed by atoms with Crippen molar-refractivity contribution in [2.75, 3.05) is 13.2 Å². The molecule has 0 bridgehead atoms. The van der Waals surface area contributed by atoms with Crippen LogP contribution in [0.2, 0.25) is 0 Å². The molecule has 2 rings (SSSR count). The molecule has 0 heterocycles. The third-order valence-electron chi connectivity index (χ3n) is 5.31. The number of halogens is 9. The first kappa shape index (κ1) is 32.2. The highest BCUT2D eigenvalue weighted by molar-refractivity contribution is 6.22. The first-order chi connectivity index (χ1) is 17.7. The lowest BCUT2D eigenvalue weighted by atomic mass is 9.95. The van der Waals surface area contributed by atoms with E-state index in [1.54, 1.807) is 24.3 Å². The first-order valence-electron chi connectivity index (χ1n) is 11.4. The van der Waals surface area contributed by atoms with Crippen LogP contribution in [0.15, 0.2) is 60.7 Å². The first-order valence-corrected chi connectivity index (χ1v) is 11.8. The van der Waals surface area contributed by atoms with Gasteiger partial charge in [-0.1, -0.05) is 60.7 Å². The molecule has 0 saturated heterocycles. The van der Waals surface area contributed by atoms with E-state index in [1.165, 1.54) is 50.2 Å². The number of benzene rings is 2. The minimum Gasteiger partial charge on any atom is -0.365 e. The second kappa shape index (κ2) is 13.4. The molecule has 0 radical (unpaired) electrons. The molecule has 0 saturated carbocycles. The van der Waals surface area contributed by atoms with Crippen LogP contribution in [0.25, 0.3) is 0 Å². The van der Waals surface area contributed by atoms with Gasteiger partial charge in [-0.2, -0.15) is 35.1 Å². The lowest BCUT2D eigenvalue weighted by molar-refractivity contribution is -0.382. The van der Waals surface area contributed by atoms with Crippen molar-refractivity contribution in [1.29, 1.82) is 0 Å². The van der Waals surface area contributed by atoms with E-state index in [2.05, 4.69) is 11.6 Å². The van der Waals surface area contributed by atoms with Crippen LogP contribution in [0.1, 0.15) is 25.0 Å². The van der Waals surface area contributed by atoms with Gasteiger partial charge in [-0.3, -0.25) is 0 Å². The monoisotopic (exact) mass is 578 g/mol. The third-order valence-corrected chi connectivity index (χ3v) is 5.55. The molecule has 13 heteroatoms. The van der Waals surface area contributed by atoms with E-state index in [-0.39, 0.29) is 18.8 Å². The predicted octanol–water partition coefficient (Wildman–Crippen LogP) is 7.29. The Labute approximate surface area is 219 Å². The molecule has 0 aliphatic heterocycles. The fourth-order valence-electron chi connectivity index (χ4n) is 3.37. The van der Waals surface area contributed by atoms with E-state index in [0.29, 0.717) is 5.56 Å². The molecule has 38 heavy (non-hydrogen) atoms. The third kappa shape index (κ3) is 7.35. The van der Waals surface area contributed by atoms with Gasteiger partial charge in [-0.25, -0.2) is 0 Å². The van der Waals surface area contributed by atoms with Crippen molar-refractivity contribution < 1.29 is 54.1 Å². The van der Waals surface area contributed by atoms with Crippen LogP contribution in [0.3, 0.4) is 0 Å². The Bertz CT molecular complexity index is 955. The summed E-state index contributed by atoms with van der Waals surface area (Å²) in [4.78, 5) is 0. The summed E-state index contributed by atoms with van der Waals surface area (Å²) in [5.74, 6) is -19.4. The SMILES string of the molecule is CCOC(OCC)[C@H](OCc1ccccc1)[C@@H](OCc1ccccc1)C(F)(F)C(F)(F)C(F)(F)C(F)(F)Cl. The fourth-order valence-corrected chi connectivity index (χ4v) is 3.49. The van der Waals surface area contributed by atoms with Gasteiger partial charge < -0.3 is 18.9 Å². The minimum atomic E-state index is -6.70. The highest BCUT2D eigenvalue weighted by Gasteiger charge is 2.83. The molecule has 4 nitrogen and oxygen atoms in total. The zero-order valence-corrected chi connectivity index (χ0v) is 21.1. The number of rotatable bonds is 16. The predicted molar refractivity (Wildman–Crippen MR) is 123 cm³/mol. The molecule has 2 aromatic rings. The Hall–Kier alpha value is -1.99. The maximum absolute atomic E-state index is 15.5. The molecule has 0 unspecified atom stereocenters. The topological polar surface area (TPSA) is 36.9 Å². The van der Waals surface area contributed by atoms with Crippen LogP contribution in [-0.2, 0) is 32.2 Å². The van der Waals surface area contributed by atoms with Crippen molar-refractivity contribution in [3.05, 3.63) is 71.8 Å². The van der Waals surface area contributed by atoms with Crippen LogP contribution in [0.4, 0.5) is 35.1 Å². The van der Waals surface area contributed by atoms with Crippen LogP contribution in [-0.4, -0.2) is 54.9 Å². The minimum absolute atomic E-state index is 0.192. The summed E-state index contributed by atoms with van der Waals surface area (Å²) in [6.07, 6.45) is -7.39. The van der Waals surface area contributed by atoms with Crippen LogP contribution in [0, 0.1) is 0 Å². The van der Waals surface area contributed by atoms with Gasteiger partial charge in [0.2, 0.25) is 0 Å². The molecule has 0 fully saturated rings. The molecule has 2 atom stereocenters. The maximum Gasteiger partial charge on any atom is 0.392 e. The number of hydrogen-bond acceptors (Lipinski definition) is 4. The number of ether oxygens (including phenoxy) is 4. The number of hydrogen-bond donors (Lipinski definition) is 0. The van der Waals surface area contributed by atoms with E-state index in [0.717, 1.165) is 0 Å². The number of alkyl halides is 9.